The molecule has 0 radical (unpaired) electrons. The number of hydrogen-bond donors (Lipinski definition) is 1. The quantitative estimate of drug-likeness (QED) is 0.747. The van der Waals surface area contributed by atoms with Crippen LogP contribution in [0.2, 0.25) is 0 Å². The molecule has 0 aromatic heterocycles. The van der Waals surface area contributed by atoms with Crippen LogP contribution in [0.3, 0.4) is 0 Å². The van der Waals surface area contributed by atoms with E-state index in [9.17, 15) is 4.79 Å². The molecule has 1 aromatic carbocycles. The fourth-order valence-corrected chi connectivity index (χ4v) is 2.24. The van der Waals surface area contributed by atoms with Crippen LogP contribution in [-0.2, 0) is 11.2 Å². The van der Waals surface area contributed by atoms with Crippen LogP contribution in [0.5, 0.6) is 0 Å². The molecule has 0 fully saturated rings. The van der Waals surface area contributed by atoms with Crippen molar-refractivity contribution in [2.75, 3.05) is 13.6 Å². The number of nitrogens with two attached hydrogens (primary N) is 1. The van der Waals surface area contributed by atoms with Gasteiger partial charge in [0.1, 0.15) is 6.29 Å². The summed E-state index contributed by atoms with van der Waals surface area (Å²) in [6.45, 7) is 4.84. The predicted octanol–water partition coefficient (Wildman–Crippen LogP) is 1.71. The Morgan fingerprint density at radius 1 is 1.28 bits per heavy atom. The molecule has 0 aliphatic carbocycles. The van der Waals surface area contributed by atoms with Crippen molar-refractivity contribution in [2.24, 2.45) is 11.7 Å². The first-order valence-electron chi connectivity index (χ1n) is 6.49. The van der Waals surface area contributed by atoms with Crippen molar-refractivity contribution < 1.29 is 4.79 Å². The Hall–Kier alpha value is -1.19. The summed E-state index contributed by atoms with van der Waals surface area (Å²) >= 11 is 0. The first-order valence-corrected chi connectivity index (χ1v) is 6.49. The van der Waals surface area contributed by atoms with E-state index < -0.39 is 0 Å². The van der Waals surface area contributed by atoms with E-state index in [4.69, 9.17) is 5.73 Å². The molecular weight excluding hydrogens is 224 g/mol. The maximum atomic E-state index is 11.0. The highest BCUT2D eigenvalue weighted by atomic mass is 16.1. The number of benzene rings is 1. The Morgan fingerprint density at radius 2 is 1.89 bits per heavy atom. The van der Waals surface area contributed by atoms with Gasteiger partial charge < -0.3 is 10.5 Å². The monoisotopic (exact) mass is 248 g/mol. The molecule has 0 unspecified atom stereocenters. The normalized spacial score (nSPS) is 14.8. The SMILES string of the molecule is CC(C)[C@@H](C=O)N(C)C[C@@H](N)Cc1ccccc1. The van der Waals surface area contributed by atoms with Gasteiger partial charge in [-0.05, 0) is 24.9 Å². The van der Waals surface area contributed by atoms with Crippen molar-refractivity contribution in [3.8, 4) is 0 Å². The largest absolute Gasteiger partial charge is 0.326 e. The van der Waals surface area contributed by atoms with Crippen molar-refractivity contribution in [1.29, 1.82) is 0 Å². The van der Waals surface area contributed by atoms with Crippen LogP contribution in [0.15, 0.2) is 30.3 Å². The number of carbonyl (C=O) groups excluding carboxylic acids is 1. The van der Waals surface area contributed by atoms with Crippen LogP contribution >= 0.6 is 0 Å². The van der Waals surface area contributed by atoms with Crippen molar-refractivity contribution in [1.82, 2.24) is 4.90 Å². The Labute approximate surface area is 110 Å². The predicted molar refractivity (Wildman–Crippen MR) is 75.4 cm³/mol. The molecule has 100 valence electrons. The lowest BCUT2D eigenvalue weighted by Gasteiger charge is -2.29. The third-order valence-electron chi connectivity index (χ3n) is 3.19. The highest BCUT2D eigenvalue weighted by Gasteiger charge is 2.19. The highest BCUT2D eigenvalue weighted by molar-refractivity contribution is 5.57. The fraction of sp³-hybridized carbons (Fsp3) is 0.533. The summed E-state index contributed by atoms with van der Waals surface area (Å²) in [4.78, 5) is 13.1. The van der Waals surface area contributed by atoms with Crippen LogP contribution in [0.4, 0.5) is 0 Å². The Balaban J connectivity index is 2.49. The van der Waals surface area contributed by atoms with E-state index >= 15 is 0 Å². The zero-order valence-electron chi connectivity index (χ0n) is 11.5. The van der Waals surface area contributed by atoms with Gasteiger partial charge in [0, 0.05) is 12.6 Å². The van der Waals surface area contributed by atoms with Gasteiger partial charge in [0.2, 0.25) is 0 Å². The average molecular weight is 248 g/mol. The van der Waals surface area contributed by atoms with Crippen LogP contribution < -0.4 is 5.73 Å². The van der Waals surface area contributed by atoms with Crippen LogP contribution in [0.25, 0.3) is 0 Å². The fourth-order valence-electron chi connectivity index (χ4n) is 2.24. The van der Waals surface area contributed by atoms with E-state index in [0.717, 1.165) is 19.3 Å². The van der Waals surface area contributed by atoms with Gasteiger partial charge in [0.25, 0.3) is 0 Å². The van der Waals surface area contributed by atoms with Gasteiger partial charge in [-0.15, -0.1) is 0 Å². The Bertz CT molecular complexity index is 351. The second-order valence-electron chi connectivity index (χ2n) is 5.26. The second kappa shape index (κ2) is 7.29. The van der Waals surface area contributed by atoms with Gasteiger partial charge in [-0.2, -0.15) is 0 Å². The molecule has 0 heterocycles. The van der Waals surface area contributed by atoms with E-state index in [0.29, 0.717) is 5.92 Å². The molecule has 0 aliphatic rings. The molecule has 0 saturated heterocycles. The maximum Gasteiger partial charge on any atom is 0.137 e. The summed E-state index contributed by atoms with van der Waals surface area (Å²) in [5.74, 6) is 0.316. The first kappa shape index (κ1) is 14.9. The lowest BCUT2D eigenvalue weighted by molar-refractivity contribution is -0.113. The molecule has 2 N–H and O–H groups in total. The average Bonchev–Trinajstić information content (AvgIpc) is 2.30. The first-order chi connectivity index (χ1) is 8.54. The Morgan fingerprint density at radius 3 is 2.39 bits per heavy atom. The minimum Gasteiger partial charge on any atom is -0.326 e. The Kier molecular flexibility index (Phi) is 6.02. The zero-order chi connectivity index (χ0) is 13.5. The van der Waals surface area contributed by atoms with Gasteiger partial charge in [0.05, 0.1) is 6.04 Å². The van der Waals surface area contributed by atoms with Crippen molar-refractivity contribution in [2.45, 2.75) is 32.4 Å². The standard InChI is InChI=1S/C15H24N2O/c1-12(2)15(11-18)17(3)10-14(16)9-13-7-5-4-6-8-13/h4-8,11-12,14-15H,9-10,16H2,1-3H3/t14-,15+/m0/s1. The van der Waals surface area contributed by atoms with Gasteiger partial charge in [-0.25, -0.2) is 0 Å². The summed E-state index contributed by atoms with van der Waals surface area (Å²) in [6.07, 6.45) is 1.86. The number of likely N-dealkylation sites (N-methyl/N-ethyl adjacent to an activating group) is 1. The van der Waals surface area contributed by atoms with Crippen LogP contribution in [0, 0.1) is 5.92 Å². The molecule has 3 nitrogen and oxygen atoms in total. The van der Waals surface area contributed by atoms with E-state index in [1.54, 1.807) is 0 Å². The minimum absolute atomic E-state index is 0.0492. The number of carbonyl (C=O) groups is 1. The summed E-state index contributed by atoms with van der Waals surface area (Å²) in [5.41, 5.74) is 7.38. The van der Waals surface area contributed by atoms with Gasteiger partial charge >= 0.3 is 0 Å². The van der Waals surface area contributed by atoms with E-state index in [-0.39, 0.29) is 12.1 Å². The third-order valence-corrected chi connectivity index (χ3v) is 3.19. The zero-order valence-corrected chi connectivity index (χ0v) is 11.5. The van der Waals surface area contributed by atoms with Crippen molar-refractivity contribution in [3.63, 3.8) is 0 Å². The van der Waals surface area contributed by atoms with Crippen LogP contribution in [-0.4, -0.2) is 36.9 Å². The van der Waals surface area contributed by atoms with Crippen molar-refractivity contribution >= 4 is 6.29 Å². The molecule has 1 rings (SSSR count). The van der Waals surface area contributed by atoms with Crippen molar-refractivity contribution in [3.05, 3.63) is 35.9 Å². The van der Waals surface area contributed by atoms with E-state index in [2.05, 4.69) is 26.0 Å². The number of hydrogen-bond acceptors (Lipinski definition) is 3. The summed E-state index contributed by atoms with van der Waals surface area (Å²) in [6, 6.07) is 10.2. The second-order valence-corrected chi connectivity index (χ2v) is 5.26. The topological polar surface area (TPSA) is 46.3 Å². The third kappa shape index (κ3) is 4.59. The van der Waals surface area contributed by atoms with Gasteiger partial charge in [0.15, 0.2) is 0 Å². The summed E-state index contributed by atoms with van der Waals surface area (Å²) in [5, 5.41) is 0. The molecule has 3 heteroatoms. The van der Waals surface area contributed by atoms with Gasteiger partial charge in [-0.1, -0.05) is 44.2 Å². The summed E-state index contributed by atoms with van der Waals surface area (Å²) in [7, 11) is 1.96. The molecule has 0 saturated carbocycles. The van der Waals surface area contributed by atoms with Crippen LogP contribution in [0.1, 0.15) is 19.4 Å². The molecule has 2 atom stereocenters. The molecule has 0 amide bonds. The lowest BCUT2D eigenvalue weighted by Crippen LogP contribution is -2.44. The molecule has 0 spiro atoms. The molecule has 18 heavy (non-hydrogen) atoms. The number of rotatable bonds is 7. The number of nitrogens with zero attached hydrogens (tertiary/aromatic N) is 1. The van der Waals surface area contributed by atoms with E-state index in [1.165, 1.54) is 5.56 Å². The van der Waals surface area contributed by atoms with E-state index in [1.807, 2.05) is 30.1 Å². The number of aldehydes is 1. The summed E-state index contributed by atoms with van der Waals surface area (Å²) < 4.78 is 0. The molecule has 0 bridgehead atoms. The molecular formula is C15H24N2O. The molecule has 1 aromatic rings. The maximum absolute atomic E-state index is 11.0. The van der Waals surface area contributed by atoms with Gasteiger partial charge in [-0.3, -0.25) is 4.90 Å². The highest BCUT2D eigenvalue weighted by Crippen LogP contribution is 2.08. The molecule has 0 aliphatic heterocycles. The lowest BCUT2D eigenvalue weighted by atomic mass is 10.0. The minimum atomic E-state index is -0.0492. The smallest absolute Gasteiger partial charge is 0.137 e.